The van der Waals surface area contributed by atoms with Crippen molar-refractivity contribution in [1.29, 1.82) is 0 Å². The lowest BCUT2D eigenvalue weighted by Crippen LogP contribution is -2.43. The number of hydrogen-bond acceptors (Lipinski definition) is 6. The van der Waals surface area contributed by atoms with Crippen molar-refractivity contribution in [3.05, 3.63) is 53.2 Å². The molecule has 2 fully saturated rings. The van der Waals surface area contributed by atoms with Gasteiger partial charge in [-0.3, -0.25) is 9.59 Å². The number of hydrogen-bond donors (Lipinski definition) is 2. The summed E-state index contributed by atoms with van der Waals surface area (Å²) in [6.45, 7) is 2.38. The van der Waals surface area contributed by atoms with Gasteiger partial charge < -0.3 is 25.4 Å². The number of nitrogens with two attached hydrogens (primary N) is 1. The number of nitrogens with zero attached hydrogens (tertiary/aromatic N) is 2. The van der Waals surface area contributed by atoms with Crippen LogP contribution < -0.4 is 15.8 Å². The molecule has 170 valence electrons. The molecular formula is C24H30N4O4. The predicted molar refractivity (Wildman–Crippen MR) is 120 cm³/mol. The van der Waals surface area contributed by atoms with Crippen molar-refractivity contribution < 1.29 is 19.1 Å². The molecule has 2 saturated heterocycles. The van der Waals surface area contributed by atoms with Crippen LogP contribution in [0.25, 0.3) is 0 Å². The van der Waals surface area contributed by atoms with Crippen molar-refractivity contribution in [2.75, 3.05) is 32.5 Å². The first-order valence-corrected chi connectivity index (χ1v) is 11.1. The fourth-order valence-electron chi connectivity index (χ4n) is 4.40. The standard InChI is InChI=1S/C24H30N4O4/c1-31-20-6-3-2-5-17(20)15-26-23(29)18-8-9-19(27-22(18)25)16-10-12-28(13-11-16)24(30)21-7-4-14-32-21/h2-3,5-6,8-9,16,21H,4,7,10-15H2,1H3,(H2,25,27)(H,26,29)/t21-/m1/s1. The summed E-state index contributed by atoms with van der Waals surface area (Å²) in [5.74, 6) is 0.993. The van der Waals surface area contributed by atoms with E-state index in [9.17, 15) is 9.59 Å². The second kappa shape index (κ2) is 9.99. The zero-order chi connectivity index (χ0) is 22.5. The van der Waals surface area contributed by atoms with Gasteiger partial charge in [-0.25, -0.2) is 4.98 Å². The largest absolute Gasteiger partial charge is 0.496 e. The van der Waals surface area contributed by atoms with Crippen molar-refractivity contribution in [1.82, 2.24) is 15.2 Å². The lowest BCUT2D eigenvalue weighted by Gasteiger charge is -2.33. The third-order valence-electron chi connectivity index (χ3n) is 6.25. The van der Waals surface area contributed by atoms with Gasteiger partial charge in [0, 0.05) is 43.4 Å². The Bertz CT molecular complexity index is 966. The maximum atomic E-state index is 12.6. The number of amides is 2. The first-order chi connectivity index (χ1) is 15.6. The van der Waals surface area contributed by atoms with Crippen LogP contribution in [0.3, 0.4) is 0 Å². The minimum Gasteiger partial charge on any atom is -0.496 e. The summed E-state index contributed by atoms with van der Waals surface area (Å²) in [6, 6.07) is 11.1. The van der Waals surface area contributed by atoms with E-state index in [1.807, 2.05) is 35.2 Å². The van der Waals surface area contributed by atoms with E-state index in [0.29, 0.717) is 31.8 Å². The highest BCUT2D eigenvalue weighted by molar-refractivity contribution is 5.98. The molecule has 2 aromatic rings. The molecule has 8 nitrogen and oxygen atoms in total. The molecule has 1 aromatic carbocycles. The van der Waals surface area contributed by atoms with E-state index < -0.39 is 0 Å². The molecule has 0 bridgehead atoms. The zero-order valence-corrected chi connectivity index (χ0v) is 18.4. The molecule has 2 aliphatic heterocycles. The highest BCUT2D eigenvalue weighted by Crippen LogP contribution is 2.29. The van der Waals surface area contributed by atoms with E-state index in [4.69, 9.17) is 15.2 Å². The highest BCUT2D eigenvalue weighted by Gasteiger charge is 2.31. The summed E-state index contributed by atoms with van der Waals surface area (Å²) in [4.78, 5) is 31.6. The maximum Gasteiger partial charge on any atom is 0.255 e. The Morgan fingerprint density at radius 2 is 1.97 bits per heavy atom. The molecule has 0 aliphatic carbocycles. The van der Waals surface area contributed by atoms with Crippen LogP contribution in [0.15, 0.2) is 36.4 Å². The van der Waals surface area contributed by atoms with Crippen LogP contribution in [-0.4, -0.2) is 54.6 Å². The number of aromatic nitrogens is 1. The first kappa shape index (κ1) is 22.1. The van der Waals surface area contributed by atoms with Crippen molar-refractivity contribution in [3.8, 4) is 5.75 Å². The average Bonchev–Trinajstić information content (AvgIpc) is 3.37. The molecule has 0 saturated carbocycles. The quantitative estimate of drug-likeness (QED) is 0.718. The number of nitrogens with one attached hydrogen (secondary N) is 1. The van der Waals surface area contributed by atoms with Crippen LogP contribution in [0.5, 0.6) is 5.75 Å². The highest BCUT2D eigenvalue weighted by atomic mass is 16.5. The Kier molecular flexibility index (Phi) is 6.90. The number of carbonyl (C=O) groups is 2. The molecule has 4 rings (SSSR count). The topological polar surface area (TPSA) is 107 Å². The van der Waals surface area contributed by atoms with E-state index in [2.05, 4.69) is 10.3 Å². The number of piperidine rings is 1. The van der Waals surface area contributed by atoms with Crippen LogP contribution in [0.2, 0.25) is 0 Å². The molecule has 3 N–H and O–H groups in total. The monoisotopic (exact) mass is 438 g/mol. The second-order valence-corrected chi connectivity index (χ2v) is 8.26. The number of ether oxygens (including phenoxy) is 2. The number of pyridine rings is 1. The van der Waals surface area contributed by atoms with Crippen molar-refractivity contribution in [2.24, 2.45) is 0 Å². The van der Waals surface area contributed by atoms with E-state index in [0.717, 1.165) is 42.7 Å². The lowest BCUT2D eigenvalue weighted by molar-refractivity contribution is -0.142. The van der Waals surface area contributed by atoms with Gasteiger partial charge in [0.2, 0.25) is 0 Å². The molecule has 0 spiro atoms. The fourth-order valence-corrected chi connectivity index (χ4v) is 4.40. The summed E-state index contributed by atoms with van der Waals surface area (Å²) in [7, 11) is 1.60. The smallest absolute Gasteiger partial charge is 0.255 e. The van der Waals surface area contributed by atoms with E-state index in [1.165, 1.54) is 0 Å². The first-order valence-electron chi connectivity index (χ1n) is 11.1. The normalized spacial score (nSPS) is 19.0. The van der Waals surface area contributed by atoms with E-state index in [1.54, 1.807) is 13.2 Å². The molecule has 1 atom stereocenters. The van der Waals surface area contributed by atoms with Gasteiger partial charge in [-0.15, -0.1) is 0 Å². The molecular weight excluding hydrogens is 408 g/mol. The molecule has 1 aromatic heterocycles. The maximum absolute atomic E-state index is 12.6. The second-order valence-electron chi connectivity index (χ2n) is 8.26. The number of benzene rings is 1. The third-order valence-corrected chi connectivity index (χ3v) is 6.25. The zero-order valence-electron chi connectivity index (χ0n) is 18.4. The molecule has 2 amide bonds. The molecule has 8 heteroatoms. The van der Waals surface area contributed by atoms with Gasteiger partial charge in [0.15, 0.2) is 0 Å². The number of para-hydroxylation sites is 1. The number of anilines is 1. The summed E-state index contributed by atoms with van der Waals surface area (Å²) in [5, 5.41) is 2.88. The summed E-state index contributed by atoms with van der Waals surface area (Å²) in [5.41, 5.74) is 8.24. The van der Waals surface area contributed by atoms with Crippen molar-refractivity contribution in [3.63, 3.8) is 0 Å². The van der Waals surface area contributed by atoms with E-state index in [-0.39, 0.29) is 29.7 Å². The Hall–Kier alpha value is -3.13. The Morgan fingerprint density at radius 1 is 1.19 bits per heavy atom. The summed E-state index contributed by atoms with van der Waals surface area (Å²) >= 11 is 0. The number of rotatable bonds is 6. The van der Waals surface area contributed by atoms with Crippen LogP contribution in [0.1, 0.15) is 53.2 Å². The predicted octanol–water partition coefficient (Wildman–Crippen LogP) is 2.49. The van der Waals surface area contributed by atoms with Gasteiger partial charge in [0.1, 0.15) is 17.7 Å². The van der Waals surface area contributed by atoms with Gasteiger partial charge in [0.05, 0.1) is 12.7 Å². The van der Waals surface area contributed by atoms with Gasteiger partial charge >= 0.3 is 0 Å². The summed E-state index contributed by atoms with van der Waals surface area (Å²) < 4.78 is 10.8. The van der Waals surface area contributed by atoms with Crippen LogP contribution in [0, 0.1) is 0 Å². The minimum atomic E-state index is -0.274. The van der Waals surface area contributed by atoms with Gasteiger partial charge in [-0.2, -0.15) is 0 Å². The van der Waals surface area contributed by atoms with Gasteiger partial charge in [-0.05, 0) is 43.9 Å². The minimum absolute atomic E-state index is 0.107. The number of nitrogen functional groups attached to an aromatic ring is 1. The molecule has 0 radical (unpaired) electrons. The Labute approximate surface area is 188 Å². The van der Waals surface area contributed by atoms with Crippen LogP contribution in [-0.2, 0) is 16.1 Å². The fraction of sp³-hybridized carbons (Fsp3) is 0.458. The molecule has 2 aliphatic rings. The number of likely N-dealkylation sites (tertiary alicyclic amines) is 1. The molecule has 3 heterocycles. The average molecular weight is 439 g/mol. The lowest BCUT2D eigenvalue weighted by atomic mass is 9.92. The van der Waals surface area contributed by atoms with Crippen LogP contribution in [0.4, 0.5) is 5.82 Å². The Morgan fingerprint density at radius 3 is 2.66 bits per heavy atom. The number of methoxy groups -OCH3 is 1. The summed E-state index contributed by atoms with van der Waals surface area (Å²) in [6.07, 6.45) is 3.15. The SMILES string of the molecule is COc1ccccc1CNC(=O)c1ccc(C2CCN(C(=O)[C@H]3CCCO3)CC2)nc1N. The van der Waals surface area contributed by atoms with Crippen LogP contribution >= 0.6 is 0 Å². The number of carbonyl (C=O) groups excluding carboxylic acids is 2. The molecule has 0 unspecified atom stereocenters. The van der Waals surface area contributed by atoms with E-state index >= 15 is 0 Å². The Balaban J connectivity index is 1.34. The van der Waals surface area contributed by atoms with Gasteiger partial charge in [0.25, 0.3) is 11.8 Å². The third kappa shape index (κ3) is 4.85. The van der Waals surface area contributed by atoms with Crippen molar-refractivity contribution >= 4 is 17.6 Å². The van der Waals surface area contributed by atoms with Gasteiger partial charge in [-0.1, -0.05) is 18.2 Å². The van der Waals surface area contributed by atoms with Crippen molar-refractivity contribution in [2.45, 2.75) is 44.2 Å². The molecule has 32 heavy (non-hydrogen) atoms.